The van der Waals surface area contributed by atoms with Crippen molar-refractivity contribution in [1.82, 2.24) is 5.32 Å². The normalized spacial score (nSPS) is 11.0. The molecule has 128 valence electrons. The molecule has 6 heteroatoms. The summed E-state index contributed by atoms with van der Waals surface area (Å²) in [5.41, 5.74) is 2.39. The second-order valence-electron chi connectivity index (χ2n) is 6.09. The van der Waals surface area contributed by atoms with Crippen LogP contribution in [-0.4, -0.2) is 34.7 Å². The molecule has 23 heavy (non-hydrogen) atoms. The van der Waals surface area contributed by atoms with Gasteiger partial charge in [-0.15, -0.1) is 0 Å². The van der Waals surface area contributed by atoms with Crippen molar-refractivity contribution in [1.29, 1.82) is 0 Å². The Bertz CT molecular complexity index is 554. The number of ether oxygens (including phenoxy) is 1. The molecule has 0 fully saturated rings. The third-order valence-corrected chi connectivity index (χ3v) is 4.43. The lowest BCUT2D eigenvalue weighted by Gasteiger charge is -2.18. The van der Waals surface area contributed by atoms with Gasteiger partial charge in [0, 0.05) is 22.7 Å². The number of nitrogens with one attached hydrogen (secondary N) is 2. The third-order valence-electron chi connectivity index (χ3n) is 2.91. The molecule has 1 aromatic carbocycles. The first-order valence-electron chi connectivity index (χ1n) is 7.69. The highest BCUT2D eigenvalue weighted by Gasteiger charge is 2.11. The van der Waals surface area contributed by atoms with Gasteiger partial charge in [0.25, 0.3) is 0 Å². The molecule has 2 N–H and O–H groups in total. The fourth-order valence-corrected chi connectivity index (χ4v) is 2.86. The number of aryl methyl sites for hydroxylation is 1. The smallest absolute Gasteiger partial charge is 0.338 e. The summed E-state index contributed by atoms with van der Waals surface area (Å²) in [6.07, 6.45) is 0. The summed E-state index contributed by atoms with van der Waals surface area (Å²) in [4.78, 5) is 11.7. The van der Waals surface area contributed by atoms with E-state index in [4.69, 9.17) is 17.0 Å². The van der Waals surface area contributed by atoms with E-state index in [1.54, 1.807) is 19.1 Å². The van der Waals surface area contributed by atoms with Crippen molar-refractivity contribution in [3.05, 3.63) is 29.3 Å². The molecule has 0 saturated carbocycles. The van der Waals surface area contributed by atoms with E-state index in [0.29, 0.717) is 17.3 Å². The topological polar surface area (TPSA) is 50.4 Å². The Hall–Kier alpha value is -1.27. The minimum absolute atomic E-state index is 0.260. The fraction of sp³-hybridized carbons (Fsp3) is 0.529. The number of hydrogen-bond donors (Lipinski definition) is 2. The van der Waals surface area contributed by atoms with Gasteiger partial charge in [-0.25, -0.2) is 4.79 Å². The average Bonchev–Trinajstić information content (AvgIpc) is 2.45. The van der Waals surface area contributed by atoms with E-state index in [1.807, 2.05) is 24.8 Å². The van der Waals surface area contributed by atoms with Crippen LogP contribution in [0.3, 0.4) is 0 Å². The zero-order valence-electron chi connectivity index (χ0n) is 14.5. The van der Waals surface area contributed by atoms with Gasteiger partial charge < -0.3 is 15.4 Å². The molecule has 0 unspecified atom stereocenters. The molecule has 0 bridgehead atoms. The van der Waals surface area contributed by atoms with Gasteiger partial charge in [-0.2, -0.15) is 11.8 Å². The van der Waals surface area contributed by atoms with Crippen LogP contribution in [0.2, 0.25) is 0 Å². The number of esters is 1. The van der Waals surface area contributed by atoms with Crippen LogP contribution in [0.15, 0.2) is 18.2 Å². The molecule has 0 aliphatic rings. The van der Waals surface area contributed by atoms with Gasteiger partial charge in [0.15, 0.2) is 5.11 Å². The Labute approximate surface area is 148 Å². The molecule has 0 heterocycles. The quantitative estimate of drug-likeness (QED) is 0.458. The molecule has 0 saturated heterocycles. The molecular formula is C17H26N2O2S2. The van der Waals surface area contributed by atoms with Gasteiger partial charge in [-0.05, 0) is 49.8 Å². The van der Waals surface area contributed by atoms with Crippen molar-refractivity contribution in [3.8, 4) is 0 Å². The lowest BCUT2D eigenvalue weighted by molar-refractivity contribution is 0.0526. The highest BCUT2D eigenvalue weighted by atomic mass is 32.2. The Morgan fingerprint density at radius 1 is 1.35 bits per heavy atom. The predicted molar refractivity (Wildman–Crippen MR) is 104 cm³/mol. The molecule has 0 amide bonds. The average molecular weight is 355 g/mol. The van der Waals surface area contributed by atoms with Gasteiger partial charge >= 0.3 is 5.97 Å². The third kappa shape index (κ3) is 7.70. The number of rotatable bonds is 6. The van der Waals surface area contributed by atoms with Gasteiger partial charge in [0.05, 0.1) is 12.2 Å². The molecule has 4 nitrogen and oxygen atoms in total. The number of carbonyl (C=O) groups is 1. The summed E-state index contributed by atoms with van der Waals surface area (Å²) in [6, 6.07) is 5.39. The Balaban J connectivity index is 2.50. The molecule has 1 rings (SSSR count). The van der Waals surface area contributed by atoms with Crippen LogP contribution < -0.4 is 10.6 Å². The molecule has 0 radical (unpaired) electrons. The van der Waals surface area contributed by atoms with Crippen molar-refractivity contribution < 1.29 is 9.53 Å². The van der Waals surface area contributed by atoms with E-state index >= 15 is 0 Å². The maximum Gasteiger partial charge on any atom is 0.338 e. The number of thiocarbonyl (C=S) groups is 1. The van der Waals surface area contributed by atoms with Crippen LogP contribution in [0.4, 0.5) is 5.69 Å². The summed E-state index contributed by atoms with van der Waals surface area (Å²) < 4.78 is 5.26. The lowest BCUT2D eigenvalue weighted by Crippen LogP contribution is -2.31. The van der Waals surface area contributed by atoms with Crippen LogP contribution in [0.1, 0.15) is 43.6 Å². The summed E-state index contributed by atoms with van der Waals surface area (Å²) in [6.45, 7) is 11.5. The lowest BCUT2D eigenvalue weighted by atomic mass is 10.1. The summed E-state index contributed by atoms with van der Waals surface area (Å²) in [5, 5.41) is 6.95. The fourth-order valence-electron chi connectivity index (χ4n) is 1.83. The van der Waals surface area contributed by atoms with Crippen molar-refractivity contribution in [2.75, 3.05) is 24.2 Å². The number of thioether (sulfide) groups is 1. The zero-order valence-corrected chi connectivity index (χ0v) is 16.1. The maximum atomic E-state index is 11.7. The zero-order chi connectivity index (χ0) is 17.5. The van der Waals surface area contributed by atoms with Crippen LogP contribution >= 0.6 is 24.0 Å². The van der Waals surface area contributed by atoms with E-state index in [9.17, 15) is 4.79 Å². The largest absolute Gasteiger partial charge is 0.462 e. The van der Waals surface area contributed by atoms with Crippen LogP contribution in [0.5, 0.6) is 0 Å². The van der Waals surface area contributed by atoms with E-state index in [2.05, 4.69) is 31.4 Å². The van der Waals surface area contributed by atoms with Gasteiger partial charge in [0.1, 0.15) is 0 Å². The number of carbonyl (C=O) groups excluding carboxylic acids is 1. The first-order chi connectivity index (χ1) is 10.7. The van der Waals surface area contributed by atoms with E-state index in [0.717, 1.165) is 23.5 Å². The summed E-state index contributed by atoms with van der Waals surface area (Å²) >= 11 is 7.20. The van der Waals surface area contributed by atoms with E-state index in [1.165, 1.54) is 0 Å². The number of benzene rings is 1. The highest BCUT2D eigenvalue weighted by molar-refractivity contribution is 8.00. The Morgan fingerprint density at radius 3 is 2.61 bits per heavy atom. The second kappa shape index (κ2) is 9.13. The molecule has 0 aliphatic heterocycles. The second-order valence-corrected chi connectivity index (χ2v) is 8.42. The number of anilines is 1. The van der Waals surface area contributed by atoms with Crippen LogP contribution in [0, 0.1) is 6.92 Å². The maximum absolute atomic E-state index is 11.7. The summed E-state index contributed by atoms with van der Waals surface area (Å²) in [5.74, 6) is 0.689. The van der Waals surface area contributed by atoms with Crippen molar-refractivity contribution in [2.45, 2.75) is 39.4 Å². The molecule has 0 spiro atoms. The van der Waals surface area contributed by atoms with E-state index in [-0.39, 0.29) is 10.7 Å². The monoisotopic (exact) mass is 354 g/mol. The first-order valence-corrected chi connectivity index (χ1v) is 9.09. The minimum Gasteiger partial charge on any atom is -0.462 e. The van der Waals surface area contributed by atoms with Crippen molar-refractivity contribution >= 4 is 40.7 Å². The Kier molecular flexibility index (Phi) is 7.85. The van der Waals surface area contributed by atoms with Crippen LogP contribution in [0.25, 0.3) is 0 Å². The Morgan fingerprint density at radius 2 is 2.04 bits per heavy atom. The van der Waals surface area contributed by atoms with Crippen molar-refractivity contribution in [3.63, 3.8) is 0 Å². The van der Waals surface area contributed by atoms with Gasteiger partial charge in [0.2, 0.25) is 0 Å². The molecule has 0 aliphatic carbocycles. The molecule has 0 atom stereocenters. The number of hydrogen-bond acceptors (Lipinski definition) is 4. The van der Waals surface area contributed by atoms with Gasteiger partial charge in [-0.3, -0.25) is 0 Å². The molecule has 1 aromatic rings. The summed E-state index contributed by atoms with van der Waals surface area (Å²) in [7, 11) is 0. The molecule has 0 aromatic heterocycles. The standard InChI is InChI=1S/C17H26N2O2S2/c1-6-21-15(20)13-7-8-14(12(2)11-13)19-16(22)18-9-10-23-17(3,4)5/h7-8,11H,6,9-10H2,1-5H3,(H2,18,19,22). The predicted octanol–water partition coefficient (Wildman–Crippen LogP) is 3.99. The highest BCUT2D eigenvalue weighted by Crippen LogP contribution is 2.22. The van der Waals surface area contributed by atoms with Crippen LogP contribution in [-0.2, 0) is 4.74 Å². The SMILES string of the molecule is CCOC(=O)c1ccc(NC(=S)NCCSC(C)(C)C)c(C)c1. The first kappa shape index (κ1) is 19.8. The van der Waals surface area contributed by atoms with Gasteiger partial charge in [-0.1, -0.05) is 20.8 Å². The molecular weight excluding hydrogens is 328 g/mol. The minimum atomic E-state index is -0.304. The van der Waals surface area contributed by atoms with Crippen molar-refractivity contribution in [2.24, 2.45) is 0 Å². The van der Waals surface area contributed by atoms with E-state index < -0.39 is 0 Å².